The molecule has 0 aliphatic heterocycles. The first-order chi connectivity index (χ1) is 5.70. The number of rotatable bonds is 0. The molecule has 12 heavy (non-hydrogen) atoms. The summed E-state index contributed by atoms with van der Waals surface area (Å²) in [5.41, 5.74) is 0.115. The van der Waals surface area contributed by atoms with Crippen molar-refractivity contribution in [1.29, 1.82) is 0 Å². The van der Waals surface area contributed by atoms with Gasteiger partial charge in [0.25, 0.3) is 5.56 Å². The fourth-order valence-corrected chi connectivity index (χ4v) is 1.03. The number of aromatic nitrogens is 6. The van der Waals surface area contributed by atoms with Crippen LogP contribution in [0.15, 0.2) is 4.79 Å². The van der Waals surface area contributed by atoms with Crippen molar-refractivity contribution >= 4 is 24.0 Å². The summed E-state index contributed by atoms with van der Waals surface area (Å²) in [7, 11) is 1.50. The minimum absolute atomic E-state index is 0.202. The Morgan fingerprint density at radius 1 is 1.33 bits per heavy atom. The van der Waals surface area contributed by atoms with Gasteiger partial charge in [-0.2, -0.15) is 4.09 Å². The lowest BCUT2D eigenvalue weighted by molar-refractivity contribution is 0.653. The Kier molecular flexibility index (Phi) is 1.37. The molecule has 0 saturated carbocycles. The quantitative estimate of drug-likeness (QED) is 0.510. The van der Waals surface area contributed by atoms with Crippen LogP contribution in [0, 0.1) is 0 Å². The van der Waals surface area contributed by atoms with Crippen molar-refractivity contribution in [2.24, 2.45) is 7.05 Å². The second-order valence-corrected chi connectivity index (χ2v) is 2.55. The second-order valence-electron chi connectivity index (χ2n) is 2.17. The summed E-state index contributed by atoms with van der Waals surface area (Å²) in [6, 6.07) is 0. The lowest BCUT2D eigenvalue weighted by atomic mass is 10.6. The first-order valence-corrected chi connectivity index (χ1v) is 3.45. The van der Waals surface area contributed by atoms with Crippen LogP contribution in [-0.2, 0) is 7.05 Å². The zero-order valence-corrected chi connectivity index (χ0v) is 6.93. The molecule has 62 valence electrons. The maximum absolute atomic E-state index is 11.3. The van der Waals surface area contributed by atoms with E-state index in [0.717, 1.165) is 8.77 Å². The molecule has 0 atom stereocenters. The van der Waals surface area contributed by atoms with Gasteiger partial charge in [0.15, 0.2) is 5.52 Å². The fraction of sp³-hybridized carbons (Fsp3) is 0.250. The molecule has 0 fully saturated rings. The van der Waals surface area contributed by atoms with Crippen molar-refractivity contribution in [2.45, 2.75) is 0 Å². The minimum atomic E-state index is -0.319. The summed E-state index contributed by atoms with van der Waals surface area (Å²) >= 11 is 3.88. The highest BCUT2D eigenvalue weighted by Crippen LogP contribution is 1.99. The Balaban J connectivity index is 3.06. The summed E-state index contributed by atoms with van der Waals surface area (Å²) in [6.45, 7) is 0. The average molecular weight is 184 g/mol. The Labute approximate surface area is 71.5 Å². The number of thiol groups is 1. The molecular formula is C4H4N6OS. The fourth-order valence-electron chi connectivity index (χ4n) is 0.818. The third kappa shape index (κ3) is 0.811. The Morgan fingerprint density at radius 2 is 2.00 bits per heavy atom. The van der Waals surface area contributed by atoms with E-state index in [9.17, 15) is 4.79 Å². The van der Waals surface area contributed by atoms with Crippen LogP contribution in [0.25, 0.3) is 11.2 Å². The highest BCUT2D eigenvalue weighted by Gasteiger charge is 2.09. The Hall–Kier alpha value is -1.44. The van der Waals surface area contributed by atoms with Gasteiger partial charge in [-0.3, -0.25) is 4.79 Å². The van der Waals surface area contributed by atoms with Gasteiger partial charge in [0.2, 0.25) is 5.65 Å². The predicted molar refractivity (Wildman–Crippen MR) is 42.7 cm³/mol. The van der Waals surface area contributed by atoms with Crippen molar-refractivity contribution in [1.82, 2.24) is 29.4 Å². The first-order valence-electron chi connectivity index (χ1n) is 3.05. The van der Waals surface area contributed by atoms with Gasteiger partial charge in [-0.25, -0.2) is 4.68 Å². The predicted octanol–water partition coefficient (Wildman–Crippen LogP) is -1.39. The van der Waals surface area contributed by atoms with Crippen LogP contribution in [0.1, 0.15) is 0 Å². The van der Waals surface area contributed by atoms with E-state index in [-0.39, 0.29) is 16.7 Å². The van der Waals surface area contributed by atoms with Gasteiger partial charge in [0.05, 0.1) is 0 Å². The topological polar surface area (TPSA) is 78.5 Å². The van der Waals surface area contributed by atoms with Gasteiger partial charge < -0.3 is 0 Å². The van der Waals surface area contributed by atoms with Gasteiger partial charge in [0.1, 0.15) is 0 Å². The lowest BCUT2D eigenvalue weighted by Crippen LogP contribution is -2.21. The third-order valence-corrected chi connectivity index (χ3v) is 1.69. The van der Waals surface area contributed by atoms with Gasteiger partial charge in [-0.15, -0.1) is 10.2 Å². The minimum Gasteiger partial charge on any atom is -0.265 e. The molecule has 0 spiro atoms. The standard InChI is InChI=1S/C4H4N6OS/c1-9-4(11)2-3(5-7-9)6-8-10(2)12/h12H,1H3. The molecule has 0 aromatic carbocycles. The number of aryl methyl sites for hydroxylation is 1. The van der Waals surface area contributed by atoms with Crippen LogP contribution in [0.5, 0.6) is 0 Å². The van der Waals surface area contributed by atoms with Crippen molar-refractivity contribution in [3.8, 4) is 0 Å². The zero-order chi connectivity index (χ0) is 8.72. The van der Waals surface area contributed by atoms with E-state index in [1.807, 2.05) is 0 Å². The molecular weight excluding hydrogens is 180 g/mol. The van der Waals surface area contributed by atoms with E-state index in [4.69, 9.17) is 0 Å². The van der Waals surface area contributed by atoms with E-state index >= 15 is 0 Å². The normalized spacial score (nSPS) is 10.8. The molecule has 2 aromatic heterocycles. The number of hydrogen-bond acceptors (Lipinski definition) is 6. The monoisotopic (exact) mass is 184 g/mol. The van der Waals surface area contributed by atoms with Gasteiger partial charge in [-0.1, -0.05) is 10.4 Å². The molecule has 0 amide bonds. The van der Waals surface area contributed by atoms with Gasteiger partial charge in [0, 0.05) is 7.05 Å². The Bertz CT molecular complexity index is 486. The smallest absolute Gasteiger partial charge is 0.265 e. The second kappa shape index (κ2) is 2.27. The van der Waals surface area contributed by atoms with Crippen molar-refractivity contribution in [3.05, 3.63) is 10.4 Å². The van der Waals surface area contributed by atoms with Crippen LogP contribution in [0.3, 0.4) is 0 Å². The SMILES string of the molecule is Cn1nnc2nnn(S)c2c1=O. The summed E-state index contributed by atoms with van der Waals surface area (Å²) in [4.78, 5) is 11.3. The van der Waals surface area contributed by atoms with Gasteiger partial charge in [-0.05, 0) is 12.8 Å². The van der Waals surface area contributed by atoms with Crippen LogP contribution in [0.4, 0.5) is 0 Å². The summed E-state index contributed by atoms with van der Waals surface area (Å²) < 4.78 is 2.17. The van der Waals surface area contributed by atoms with Crippen LogP contribution in [0.2, 0.25) is 0 Å². The Morgan fingerprint density at radius 3 is 2.75 bits per heavy atom. The highest BCUT2D eigenvalue weighted by atomic mass is 32.1. The number of hydrogen-bond donors (Lipinski definition) is 1. The highest BCUT2D eigenvalue weighted by molar-refractivity contribution is 7.78. The molecule has 0 unspecified atom stereocenters. The van der Waals surface area contributed by atoms with Crippen LogP contribution in [-0.4, -0.2) is 29.4 Å². The third-order valence-electron chi connectivity index (χ3n) is 1.41. The largest absolute Gasteiger partial charge is 0.298 e. The summed E-state index contributed by atoms with van der Waals surface area (Å²) in [5.74, 6) is 0. The summed E-state index contributed by atoms with van der Waals surface area (Å²) in [5, 5.41) is 14.2. The molecule has 0 N–H and O–H groups in total. The molecule has 0 saturated heterocycles. The van der Waals surface area contributed by atoms with E-state index < -0.39 is 0 Å². The average Bonchev–Trinajstić information content (AvgIpc) is 2.41. The van der Waals surface area contributed by atoms with E-state index in [2.05, 4.69) is 33.4 Å². The molecule has 0 radical (unpaired) electrons. The van der Waals surface area contributed by atoms with Crippen molar-refractivity contribution in [2.75, 3.05) is 0 Å². The molecule has 2 heterocycles. The maximum atomic E-state index is 11.3. The van der Waals surface area contributed by atoms with E-state index in [1.165, 1.54) is 7.05 Å². The van der Waals surface area contributed by atoms with Gasteiger partial charge >= 0.3 is 0 Å². The molecule has 2 aromatic rings. The summed E-state index contributed by atoms with van der Waals surface area (Å²) in [6.07, 6.45) is 0. The number of nitrogens with zero attached hydrogens (tertiary/aromatic N) is 6. The van der Waals surface area contributed by atoms with Crippen molar-refractivity contribution < 1.29 is 0 Å². The van der Waals surface area contributed by atoms with E-state index in [1.54, 1.807) is 0 Å². The first kappa shape index (κ1) is 7.22. The molecule has 0 bridgehead atoms. The van der Waals surface area contributed by atoms with Crippen LogP contribution >= 0.6 is 12.8 Å². The molecule has 7 nitrogen and oxygen atoms in total. The van der Waals surface area contributed by atoms with Crippen molar-refractivity contribution in [3.63, 3.8) is 0 Å². The lowest BCUT2D eigenvalue weighted by Gasteiger charge is -1.91. The molecule has 8 heteroatoms. The van der Waals surface area contributed by atoms with Crippen LogP contribution < -0.4 is 5.56 Å². The molecule has 2 rings (SSSR count). The van der Waals surface area contributed by atoms with E-state index in [0.29, 0.717) is 0 Å². The molecule has 0 aliphatic carbocycles. The maximum Gasteiger partial charge on any atom is 0.298 e. The molecule has 0 aliphatic rings. The zero-order valence-electron chi connectivity index (χ0n) is 6.04. The number of fused-ring (bicyclic) bond motifs is 1.